The molecule has 36 heavy (non-hydrogen) atoms. The Bertz CT molecular complexity index is 806. The molecule has 1 aromatic rings. The van der Waals surface area contributed by atoms with Gasteiger partial charge in [-0.25, -0.2) is 9.97 Å². The van der Waals surface area contributed by atoms with Gasteiger partial charge in [0.05, 0.1) is 0 Å². The molecule has 5 nitrogen and oxygen atoms in total. The van der Waals surface area contributed by atoms with Crippen molar-refractivity contribution < 1.29 is 13.7 Å². The molecule has 0 unspecified atom stereocenters. The fraction of sp³-hybridized carbons (Fsp3) is 0.857. The van der Waals surface area contributed by atoms with E-state index in [2.05, 4.69) is 83.1 Å². The number of hydrogen-bond donors (Lipinski definition) is 0. The number of nitrogens with zero attached hydrogens (tertiary/aromatic N) is 2. The third-order valence-electron chi connectivity index (χ3n) is 5.85. The second-order valence-corrected chi connectivity index (χ2v) is 22.4. The first-order valence-electron chi connectivity index (χ1n) is 14.0. The monoisotopic (exact) mass is 560 g/mol. The first kappa shape index (κ1) is 33.8. The Kier molecular flexibility index (Phi) is 12.9. The molecule has 0 bridgehead atoms. The smallest absolute Gasteiger partial charge is 0.190 e. The van der Waals surface area contributed by atoms with Gasteiger partial charge in [-0.1, -0.05) is 83.1 Å². The Balaban J connectivity index is 4.08. The van der Waals surface area contributed by atoms with Crippen LogP contribution in [0.15, 0.2) is 6.07 Å². The van der Waals surface area contributed by atoms with E-state index in [9.17, 15) is 13.7 Å². The molecule has 0 saturated heterocycles. The van der Waals surface area contributed by atoms with E-state index in [1.54, 1.807) is 6.07 Å². The molecular formula is C28H55N2O3P3. The van der Waals surface area contributed by atoms with Crippen LogP contribution in [0.3, 0.4) is 0 Å². The Morgan fingerprint density at radius 1 is 0.472 bits per heavy atom. The fourth-order valence-electron chi connectivity index (χ4n) is 5.31. The summed E-state index contributed by atoms with van der Waals surface area (Å²) in [7, 11) is -8.79. The molecule has 1 heterocycles. The molecule has 1 aromatic heterocycles. The lowest BCUT2D eigenvalue weighted by molar-refractivity contribution is 0.561. The first-order chi connectivity index (χ1) is 16.3. The highest BCUT2D eigenvalue weighted by Crippen LogP contribution is 2.52. The Morgan fingerprint density at radius 2 is 0.694 bits per heavy atom. The van der Waals surface area contributed by atoms with Crippen LogP contribution in [-0.4, -0.2) is 46.9 Å². The molecule has 1 rings (SSSR count). The Morgan fingerprint density at radius 3 is 0.917 bits per heavy atom. The predicted molar refractivity (Wildman–Crippen MR) is 162 cm³/mol. The maximum atomic E-state index is 14.6. The van der Waals surface area contributed by atoms with Crippen LogP contribution in [0, 0.1) is 35.5 Å². The summed E-state index contributed by atoms with van der Waals surface area (Å²) in [5.41, 5.74) is 1.33. The molecule has 0 aliphatic carbocycles. The van der Waals surface area contributed by atoms with E-state index in [1.807, 2.05) is 0 Å². The summed E-state index contributed by atoms with van der Waals surface area (Å²) in [5.74, 6) is 1.34. The van der Waals surface area contributed by atoms with Gasteiger partial charge < -0.3 is 13.7 Å². The van der Waals surface area contributed by atoms with Crippen molar-refractivity contribution in [2.75, 3.05) is 37.0 Å². The maximum absolute atomic E-state index is 14.6. The molecule has 8 heteroatoms. The quantitative estimate of drug-likeness (QED) is 0.209. The van der Waals surface area contributed by atoms with E-state index in [1.165, 1.54) is 0 Å². The van der Waals surface area contributed by atoms with E-state index in [0.717, 1.165) is 0 Å². The van der Waals surface area contributed by atoms with Gasteiger partial charge in [0.15, 0.2) is 12.7 Å². The standard InChI is InChI=1S/C28H55N2O3P3/c1-20(2)14-34(31,15-21(3)4)26-13-27(35(32,16-22(5)6)17-23(7)8)30-28(29-26)36(33,18-24(9)10)19-25(11)12/h13,20-25H,14-19H2,1-12H3. The van der Waals surface area contributed by atoms with Gasteiger partial charge in [0.2, 0.25) is 0 Å². The molecule has 0 amide bonds. The SMILES string of the molecule is CC(C)CP(=O)(CC(C)C)c1cc(P(=O)(CC(C)C)CC(C)C)nc(P(=O)(CC(C)C)CC(C)C)n1. The molecule has 0 saturated carbocycles. The highest BCUT2D eigenvalue weighted by molar-refractivity contribution is 7.73. The van der Waals surface area contributed by atoms with Crippen LogP contribution in [0.5, 0.6) is 0 Å². The van der Waals surface area contributed by atoms with Crippen LogP contribution >= 0.6 is 21.4 Å². The first-order valence-corrected chi connectivity index (χ1v) is 20.2. The maximum Gasteiger partial charge on any atom is 0.190 e. The summed E-state index contributed by atoms with van der Waals surface area (Å²) in [6.45, 7) is 25.0. The topological polar surface area (TPSA) is 77.0 Å². The van der Waals surface area contributed by atoms with Gasteiger partial charge in [-0.05, 0) is 41.6 Å². The molecule has 0 atom stereocenters. The van der Waals surface area contributed by atoms with Crippen LogP contribution in [-0.2, 0) is 13.7 Å². The van der Waals surface area contributed by atoms with E-state index < -0.39 is 21.4 Å². The lowest BCUT2D eigenvalue weighted by Crippen LogP contribution is -2.36. The van der Waals surface area contributed by atoms with E-state index in [0.29, 0.717) is 53.4 Å². The van der Waals surface area contributed by atoms with E-state index in [4.69, 9.17) is 9.97 Å². The minimum absolute atomic E-state index is 0.210. The summed E-state index contributed by atoms with van der Waals surface area (Å²) >= 11 is 0. The number of hydrogen-bond acceptors (Lipinski definition) is 5. The second kappa shape index (κ2) is 13.7. The van der Waals surface area contributed by atoms with Gasteiger partial charge in [0.1, 0.15) is 25.2 Å². The highest BCUT2D eigenvalue weighted by Gasteiger charge is 2.38. The van der Waals surface area contributed by atoms with Gasteiger partial charge in [0.25, 0.3) is 0 Å². The predicted octanol–water partition coefficient (Wildman–Crippen LogP) is 7.38. The molecule has 0 radical (unpaired) electrons. The molecule has 0 aliphatic rings. The minimum Gasteiger partial charge on any atom is -0.317 e. The van der Waals surface area contributed by atoms with E-state index >= 15 is 0 Å². The molecule has 0 fully saturated rings. The van der Waals surface area contributed by atoms with Gasteiger partial charge in [-0.2, -0.15) is 0 Å². The zero-order valence-electron chi connectivity index (χ0n) is 25.2. The largest absolute Gasteiger partial charge is 0.317 e. The summed E-state index contributed by atoms with van der Waals surface area (Å²) in [5, 5.41) is 0. The molecule has 0 spiro atoms. The zero-order chi connectivity index (χ0) is 28.1. The summed E-state index contributed by atoms with van der Waals surface area (Å²) < 4.78 is 43.8. The third-order valence-corrected chi connectivity index (χ3v) is 16.8. The van der Waals surface area contributed by atoms with Gasteiger partial charge in [-0.3, -0.25) is 0 Å². The lowest BCUT2D eigenvalue weighted by Gasteiger charge is -2.28. The lowest BCUT2D eigenvalue weighted by atomic mass is 10.3. The van der Waals surface area contributed by atoms with Crippen molar-refractivity contribution in [1.29, 1.82) is 0 Å². The van der Waals surface area contributed by atoms with Crippen LogP contribution < -0.4 is 16.4 Å². The molecule has 210 valence electrons. The van der Waals surface area contributed by atoms with Gasteiger partial charge in [0, 0.05) is 37.0 Å². The Hall–Kier alpha value is -0.230. The van der Waals surface area contributed by atoms with Crippen molar-refractivity contribution in [3.05, 3.63) is 6.07 Å². The minimum atomic E-state index is -2.98. The van der Waals surface area contributed by atoms with E-state index in [-0.39, 0.29) is 35.5 Å². The number of rotatable bonds is 15. The Labute approximate surface area is 222 Å². The van der Waals surface area contributed by atoms with Crippen molar-refractivity contribution in [3.8, 4) is 0 Å². The second-order valence-electron chi connectivity index (χ2n) is 13.5. The third kappa shape index (κ3) is 10.2. The van der Waals surface area contributed by atoms with Gasteiger partial charge in [-0.15, -0.1) is 0 Å². The summed E-state index contributed by atoms with van der Waals surface area (Å²) in [6.07, 6.45) is 3.17. The number of aromatic nitrogens is 2. The normalized spacial score (nSPS) is 13.8. The van der Waals surface area contributed by atoms with Crippen molar-refractivity contribution in [3.63, 3.8) is 0 Å². The van der Waals surface area contributed by atoms with Crippen LogP contribution in [0.4, 0.5) is 0 Å². The van der Waals surface area contributed by atoms with Crippen molar-refractivity contribution in [1.82, 2.24) is 9.97 Å². The highest BCUT2D eigenvalue weighted by atomic mass is 31.2. The van der Waals surface area contributed by atoms with Gasteiger partial charge >= 0.3 is 0 Å². The molecular weight excluding hydrogens is 505 g/mol. The molecule has 0 aliphatic heterocycles. The average Bonchev–Trinajstić information content (AvgIpc) is 2.63. The van der Waals surface area contributed by atoms with Crippen LogP contribution in [0.25, 0.3) is 0 Å². The fourth-order valence-corrected chi connectivity index (χ4v) is 16.0. The van der Waals surface area contributed by atoms with Crippen molar-refractivity contribution >= 4 is 37.9 Å². The van der Waals surface area contributed by atoms with Crippen LogP contribution in [0.1, 0.15) is 83.1 Å². The summed E-state index contributed by atoms with van der Waals surface area (Å²) in [4.78, 5) is 9.81. The van der Waals surface area contributed by atoms with Crippen molar-refractivity contribution in [2.45, 2.75) is 83.1 Å². The summed E-state index contributed by atoms with van der Waals surface area (Å²) in [6, 6.07) is 1.80. The molecule has 0 aromatic carbocycles. The molecule has 0 N–H and O–H groups in total. The zero-order valence-corrected chi connectivity index (χ0v) is 27.9. The van der Waals surface area contributed by atoms with Crippen LogP contribution in [0.2, 0.25) is 0 Å². The van der Waals surface area contributed by atoms with Crippen molar-refractivity contribution in [2.24, 2.45) is 35.5 Å². The average molecular weight is 561 g/mol.